The number of aromatic nitrogens is 2. The van der Waals surface area contributed by atoms with Crippen molar-refractivity contribution in [2.45, 2.75) is 26.4 Å². The minimum Gasteiger partial charge on any atom is -0.377 e. The van der Waals surface area contributed by atoms with Gasteiger partial charge in [-0.3, -0.25) is 0 Å². The summed E-state index contributed by atoms with van der Waals surface area (Å²) in [6.07, 6.45) is 4.60. The molecule has 0 bridgehead atoms. The maximum Gasteiger partial charge on any atom is 0.126 e. The second kappa shape index (κ2) is 6.26. The highest BCUT2D eigenvalue weighted by atomic mass is 35.5. The summed E-state index contributed by atoms with van der Waals surface area (Å²) in [7, 11) is 0. The normalized spacial score (nSPS) is 10.7. The number of benzene rings is 1. The van der Waals surface area contributed by atoms with Crippen LogP contribution in [-0.2, 0) is 13.1 Å². The molecule has 0 atom stereocenters. The Bertz CT molecular complexity index is 546. The molecule has 6 heteroatoms. The Kier molecular flexibility index (Phi) is 4.66. The van der Waals surface area contributed by atoms with E-state index in [0.29, 0.717) is 12.2 Å². The van der Waals surface area contributed by atoms with Crippen LogP contribution in [0.2, 0.25) is 10.0 Å². The number of hydrogen-bond donors (Lipinski definition) is 1. The van der Waals surface area contributed by atoms with Crippen LogP contribution in [0, 0.1) is 5.82 Å². The van der Waals surface area contributed by atoms with Crippen molar-refractivity contribution in [1.29, 1.82) is 0 Å². The quantitative estimate of drug-likeness (QED) is 0.890. The molecule has 1 heterocycles. The van der Waals surface area contributed by atoms with Crippen LogP contribution >= 0.6 is 23.2 Å². The van der Waals surface area contributed by atoms with Crippen LogP contribution in [-0.4, -0.2) is 9.55 Å². The number of anilines is 1. The third kappa shape index (κ3) is 3.39. The minimum absolute atomic E-state index is 0.270. The Labute approximate surface area is 121 Å². The molecular weight excluding hydrogens is 288 g/mol. The van der Waals surface area contributed by atoms with E-state index in [2.05, 4.69) is 21.8 Å². The monoisotopic (exact) mass is 301 g/mol. The highest BCUT2D eigenvalue weighted by Crippen LogP contribution is 2.31. The van der Waals surface area contributed by atoms with Crippen LogP contribution in [0.25, 0.3) is 0 Å². The molecule has 0 unspecified atom stereocenters. The summed E-state index contributed by atoms with van der Waals surface area (Å²) in [6.45, 7) is 3.54. The largest absolute Gasteiger partial charge is 0.377 e. The van der Waals surface area contributed by atoms with Gasteiger partial charge in [0.2, 0.25) is 0 Å². The van der Waals surface area contributed by atoms with E-state index in [0.717, 1.165) is 18.7 Å². The predicted octanol–water partition coefficient (Wildman–Crippen LogP) is 4.35. The van der Waals surface area contributed by atoms with E-state index in [9.17, 15) is 4.39 Å². The molecule has 102 valence electrons. The van der Waals surface area contributed by atoms with Gasteiger partial charge in [0.05, 0.1) is 34.3 Å². The van der Waals surface area contributed by atoms with E-state index in [1.54, 1.807) is 12.5 Å². The SMILES string of the molecule is CCCn1cncc1CNc1c(Cl)cc(F)cc1Cl. The molecule has 0 saturated heterocycles. The molecule has 2 rings (SSSR count). The third-order valence-electron chi connectivity index (χ3n) is 2.72. The highest BCUT2D eigenvalue weighted by Gasteiger charge is 2.09. The van der Waals surface area contributed by atoms with Crippen molar-refractivity contribution < 1.29 is 4.39 Å². The predicted molar refractivity (Wildman–Crippen MR) is 76.3 cm³/mol. The van der Waals surface area contributed by atoms with Gasteiger partial charge in [-0.1, -0.05) is 30.1 Å². The molecule has 0 amide bonds. The zero-order chi connectivity index (χ0) is 13.8. The molecule has 2 aromatic rings. The van der Waals surface area contributed by atoms with Gasteiger partial charge in [-0.25, -0.2) is 9.37 Å². The Morgan fingerprint density at radius 2 is 2.00 bits per heavy atom. The molecule has 1 aromatic carbocycles. The average molecular weight is 302 g/mol. The van der Waals surface area contributed by atoms with E-state index < -0.39 is 5.82 Å². The molecule has 0 radical (unpaired) electrons. The van der Waals surface area contributed by atoms with Gasteiger partial charge in [0.25, 0.3) is 0 Å². The smallest absolute Gasteiger partial charge is 0.126 e. The number of nitrogens with zero attached hydrogens (tertiary/aromatic N) is 2. The second-order valence-corrected chi connectivity index (χ2v) is 4.99. The molecule has 0 aliphatic heterocycles. The highest BCUT2D eigenvalue weighted by molar-refractivity contribution is 6.39. The van der Waals surface area contributed by atoms with Crippen LogP contribution in [0.15, 0.2) is 24.7 Å². The molecule has 0 saturated carbocycles. The van der Waals surface area contributed by atoms with Crippen molar-refractivity contribution in [2.24, 2.45) is 0 Å². The average Bonchev–Trinajstić information content (AvgIpc) is 2.76. The van der Waals surface area contributed by atoms with Gasteiger partial charge in [0.1, 0.15) is 5.82 Å². The van der Waals surface area contributed by atoms with Crippen LogP contribution in [0.5, 0.6) is 0 Å². The molecule has 3 nitrogen and oxygen atoms in total. The standard InChI is InChI=1S/C13H14Cl2FN3/c1-2-3-19-8-17-6-10(19)7-18-13-11(14)4-9(16)5-12(13)15/h4-6,8,18H,2-3,7H2,1H3. The summed E-state index contributed by atoms with van der Waals surface area (Å²) < 4.78 is 15.1. The first-order valence-corrected chi connectivity index (χ1v) is 6.74. The van der Waals surface area contributed by atoms with Gasteiger partial charge in [0.15, 0.2) is 0 Å². The van der Waals surface area contributed by atoms with Crippen LogP contribution in [0.1, 0.15) is 19.0 Å². The summed E-state index contributed by atoms with van der Waals surface area (Å²) in [5.74, 6) is -0.448. The van der Waals surface area contributed by atoms with Gasteiger partial charge < -0.3 is 9.88 Å². The molecule has 1 aromatic heterocycles. The third-order valence-corrected chi connectivity index (χ3v) is 3.31. The van der Waals surface area contributed by atoms with Crippen LogP contribution in [0.3, 0.4) is 0 Å². The topological polar surface area (TPSA) is 29.9 Å². The molecular formula is C13H14Cl2FN3. The lowest BCUT2D eigenvalue weighted by Gasteiger charge is -2.12. The van der Waals surface area contributed by atoms with Gasteiger partial charge in [-0.2, -0.15) is 0 Å². The number of hydrogen-bond acceptors (Lipinski definition) is 2. The van der Waals surface area contributed by atoms with Crippen molar-refractivity contribution in [3.63, 3.8) is 0 Å². The molecule has 0 spiro atoms. The Hall–Kier alpha value is -1.26. The number of aryl methyl sites for hydroxylation is 1. The van der Waals surface area contributed by atoms with E-state index in [1.165, 1.54) is 12.1 Å². The Morgan fingerprint density at radius 1 is 1.32 bits per heavy atom. The first kappa shape index (κ1) is 14.2. The first-order chi connectivity index (χ1) is 9.11. The Morgan fingerprint density at radius 3 is 2.63 bits per heavy atom. The second-order valence-electron chi connectivity index (χ2n) is 4.18. The summed E-state index contributed by atoms with van der Waals surface area (Å²) in [5, 5.41) is 3.66. The lowest BCUT2D eigenvalue weighted by atomic mass is 10.3. The van der Waals surface area contributed by atoms with Gasteiger partial charge >= 0.3 is 0 Å². The zero-order valence-electron chi connectivity index (χ0n) is 10.5. The molecule has 1 N–H and O–H groups in total. The molecule has 0 fully saturated rings. The zero-order valence-corrected chi connectivity index (χ0v) is 12.0. The van der Waals surface area contributed by atoms with Crippen LogP contribution in [0.4, 0.5) is 10.1 Å². The van der Waals surface area contributed by atoms with Crippen molar-refractivity contribution >= 4 is 28.9 Å². The fourth-order valence-electron chi connectivity index (χ4n) is 1.83. The maximum atomic E-state index is 13.1. The Balaban J connectivity index is 2.12. The van der Waals surface area contributed by atoms with Crippen molar-refractivity contribution in [3.05, 3.63) is 46.2 Å². The molecule has 0 aliphatic carbocycles. The van der Waals surface area contributed by atoms with Crippen molar-refractivity contribution in [2.75, 3.05) is 5.32 Å². The van der Waals surface area contributed by atoms with Gasteiger partial charge in [-0.15, -0.1) is 0 Å². The fourth-order valence-corrected chi connectivity index (χ4v) is 2.42. The fraction of sp³-hybridized carbons (Fsp3) is 0.308. The number of imidazole rings is 1. The van der Waals surface area contributed by atoms with Crippen molar-refractivity contribution in [1.82, 2.24) is 9.55 Å². The number of nitrogens with one attached hydrogen (secondary N) is 1. The molecule has 0 aliphatic rings. The van der Waals surface area contributed by atoms with Gasteiger partial charge in [0, 0.05) is 12.7 Å². The molecule has 19 heavy (non-hydrogen) atoms. The van der Waals surface area contributed by atoms with E-state index in [-0.39, 0.29) is 10.0 Å². The lowest BCUT2D eigenvalue weighted by Crippen LogP contribution is -2.07. The summed E-state index contributed by atoms with van der Waals surface area (Å²) in [5.41, 5.74) is 1.56. The summed E-state index contributed by atoms with van der Waals surface area (Å²) >= 11 is 11.9. The maximum absolute atomic E-state index is 13.1. The van der Waals surface area contributed by atoms with Crippen LogP contribution < -0.4 is 5.32 Å². The minimum atomic E-state index is -0.448. The van der Waals surface area contributed by atoms with Gasteiger partial charge in [-0.05, 0) is 18.6 Å². The first-order valence-electron chi connectivity index (χ1n) is 5.99. The number of rotatable bonds is 5. The van der Waals surface area contributed by atoms with E-state index in [1.807, 2.05) is 0 Å². The van der Waals surface area contributed by atoms with E-state index >= 15 is 0 Å². The number of halogens is 3. The lowest BCUT2D eigenvalue weighted by molar-refractivity contribution is 0.628. The van der Waals surface area contributed by atoms with E-state index in [4.69, 9.17) is 23.2 Å². The van der Waals surface area contributed by atoms with Crippen molar-refractivity contribution in [3.8, 4) is 0 Å². The summed E-state index contributed by atoms with van der Waals surface area (Å²) in [6, 6.07) is 2.47. The summed E-state index contributed by atoms with van der Waals surface area (Å²) in [4.78, 5) is 4.11.